The van der Waals surface area contributed by atoms with Crippen molar-refractivity contribution in [2.45, 2.75) is 27.7 Å². The third-order valence-electron chi connectivity index (χ3n) is 2.87. The molecule has 0 atom stereocenters. The van der Waals surface area contributed by atoms with E-state index in [0.717, 1.165) is 16.3 Å². The van der Waals surface area contributed by atoms with Gasteiger partial charge in [-0.2, -0.15) is 5.26 Å². The highest BCUT2D eigenvalue weighted by Crippen LogP contribution is 2.38. The Morgan fingerprint density at radius 1 is 1.45 bits per heavy atom. The molecule has 1 aromatic heterocycles. The number of allylic oxidation sites excluding steroid dienone is 2. The molecule has 0 unspecified atom stereocenters. The van der Waals surface area contributed by atoms with Crippen LogP contribution in [-0.2, 0) is 0 Å². The van der Waals surface area contributed by atoms with Gasteiger partial charge in [-0.15, -0.1) is 0 Å². The van der Waals surface area contributed by atoms with Crippen LogP contribution in [0.1, 0.15) is 32.0 Å². The monoisotopic (exact) mass is 306 g/mol. The Bertz CT molecular complexity index is 650. The summed E-state index contributed by atoms with van der Waals surface area (Å²) in [4.78, 5) is 8.09. The van der Waals surface area contributed by atoms with E-state index >= 15 is 0 Å². The minimum atomic E-state index is 0.00762. The zero-order valence-electron chi connectivity index (χ0n) is 11.8. The first-order valence-electron chi connectivity index (χ1n) is 6.11. The molecule has 0 amide bonds. The summed E-state index contributed by atoms with van der Waals surface area (Å²) in [5.41, 5.74) is 2.99. The number of hydrogen-bond acceptors (Lipinski definition) is 5. The van der Waals surface area contributed by atoms with Gasteiger partial charge < -0.3 is 5.32 Å². The van der Waals surface area contributed by atoms with Crippen LogP contribution in [0, 0.1) is 23.7 Å². The molecule has 0 spiro atoms. The number of aryl methyl sites for hydroxylation is 1. The van der Waals surface area contributed by atoms with Crippen molar-refractivity contribution in [3.8, 4) is 6.07 Å². The predicted molar refractivity (Wildman–Crippen MR) is 82.6 cm³/mol. The molecule has 4 nitrogen and oxygen atoms in total. The van der Waals surface area contributed by atoms with E-state index in [-0.39, 0.29) is 10.7 Å². The second kappa shape index (κ2) is 5.47. The second-order valence-electron chi connectivity index (χ2n) is 5.51. The zero-order chi connectivity index (χ0) is 14.9. The van der Waals surface area contributed by atoms with Gasteiger partial charge in [-0.3, -0.25) is 0 Å². The van der Waals surface area contributed by atoms with Crippen molar-refractivity contribution in [2.75, 3.05) is 0 Å². The van der Waals surface area contributed by atoms with Gasteiger partial charge in [0.1, 0.15) is 11.6 Å². The summed E-state index contributed by atoms with van der Waals surface area (Å²) in [6, 6.07) is 2.21. The van der Waals surface area contributed by atoms with Crippen LogP contribution in [0.15, 0.2) is 22.3 Å². The molecule has 0 fully saturated rings. The fourth-order valence-corrected chi connectivity index (χ4v) is 2.88. The molecule has 1 N–H and O–H groups in total. The SMILES string of the molecule is Cc1cnc(Cl)nc1/C(C#N)=C1/NC(C(C)(C)C)=CS1. The lowest BCUT2D eigenvalue weighted by Crippen LogP contribution is -2.20. The van der Waals surface area contributed by atoms with Gasteiger partial charge in [-0.05, 0) is 29.5 Å². The molecule has 0 radical (unpaired) electrons. The van der Waals surface area contributed by atoms with E-state index in [1.165, 1.54) is 11.8 Å². The summed E-state index contributed by atoms with van der Waals surface area (Å²) < 4.78 is 0. The van der Waals surface area contributed by atoms with Crippen LogP contribution in [0.5, 0.6) is 0 Å². The summed E-state index contributed by atoms with van der Waals surface area (Å²) in [5, 5.41) is 15.7. The molecule has 0 saturated carbocycles. The Balaban J connectivity index is 2.43. The van der Waals surface area contributed by atoms with Crippen molar-refractivity contribution in [3.05, 3.63) is 38.9 Å². The largest absolute Gasteiger partial charge is 0.351 e. The van der Waals surface area contributed by atoms with Crippen molar-refractivity contribution in [2.24, 2.45) is 5.41 Å². The predicted octanol–water partition coefficient (Wildman–Crippen LogP) is 3.85. The van der Waals surface area contributed by atoms with Gasteiger partial charge in [0.15, 0.2) is 0 Å². The molecule has 0 saturated heterocycles. The summed E-state index contributed by atoms with van der Waals surface area (Å²) in [7, 11) is 0. The smallest absolute Gasteiger partial charge is 0.222 e. The van der Waals surface area contributed by atoms with Crippen LogP contribution in [0.4, 0.5) is 0 Å². The lowest BCUT2D eigenvalue weighted by molar-refractivity contribution is 0.481. The molecule has 0 aromatic carbocycles. The van der Waals surface area contributed by atoms with Crippen molar-refractivity contribution >= 4 is 28.9 Å². The number of hydrogen-bond donors (Lipinski definition) is 1. The number of nitriles is 1. The van der Waals surface area contributed by atoms with Crippen LogP contribution in [-0.4, -0.2) is 9.97 Å². The number of rotatable bonds is 1. The highest BCUT2D eigenvalue weighted by atomic mass is 35.5. The number of nitrogens with one attached hydrogen (secondary N) is 1. The Morgan fingerprint density at radius 2 is 2.15 bits per heavy atom. The zero-order valence-corrected chi connectivity index (χ0v) is 13.4. The minimum absolute atomic E-state index is 0.00762. The van der Waals surface area contributed by atoms with Crippen LogP contribution in [0.25, 0.3) is 5.57 Å². The van der Waals surface area contributed by atoms with Crippen LogP contribution in [0.2, 0.25) is 5.28 Å². The molecule has 20 heavy (non-hydrogen) atoms. The van der Waals surface area contributed by atoms with E-state index in [0.29, 0.717) is 11.3 Å². The van der Waals surface area contributed by atoms with Crippen molar-refractivity contribution in [3.63, 3.8) is 0 Å². The normalized spacial score (nSPS) is 17.3. The molecule has 0 bridgehead atoms. The van der Waals surface area contributed by atoms with Crippen LogP contribution in [0.3, 0.4) is 0 Å². The molecule has 6 heteroatoms. The van der Waals surface area contributed by atoms with Crippen molar-refractivity contribution < 1.29 is 0 Å². The molecule has 1 aromatic rings. The minimum Gasteiger partial charge on any atom is -0.351 e. The van der Waals surface area contributed by atoms with Gasteiger partial charge in [0, 0.05) is 17.3 Å². The summed E-state index contributed by atoms with van der Waals surface area (Å²) in [6.45, 7) is 8.22. The first kappa shape index (κ1) is 14.9. The quantitative estimate of drug-likeness (QED) is 0.630. The fourth-order valence-electron chi connectivity index (χ4n) is 1.67. The Hall–Kier alpha value is -1.51. The number of aromatic nitrogens is 2. The lowest BCUT2D eigenvalue weighted by Gasteiger charge is -2.20. The highest BCUT2D eigenvalue weighted by Gasteiger charge is 2.25. The first-order chi connectivity index (χ1) is 9.32. The van der Waals surface area contributed by atoms with E-state index < -0.39 is 0 Å². The van der Waals surface area contributed by atoms with Gasteiger partial charge in [0.2, 0.25) is 5.28 Å². The second-order valence-corrected chi connectivity index (χ2v) is 6.73. The van der Waals surface area contributed by atoms with E-state index in [9.17, 15) is 5.26 Å². The Kier molecular flexibility index (Phi) is 4.07. The fraction of sp³-hybridized carbons (Fsp3) is 0.357. The standard InChI is InChI=1S/C14H15ClN4S/c1-8-6-17-13(15)19-11(8)9(5-16)12-18-10(7-20-12)14(2,3)4/h6-7,18H,1-4H3/b12-9-. The van der Waals surface area contributed by atoms with Crippen LogP contribution < -0.4 is 5.32 Å². The van der Waals surface area contributed by atoms with E-state index in [1.54, 1.807) is 6.20 Å². The number of halogens is 1. The molecular formula is C14H15ClN4S. The summed E-state index contributed by atoms with van der Waals surface area (Å²) in [6.07, 6.45) is 1.63. The third kappa shape index (κ3) is 2.97. The lowest BCUT2D eigenvalue weighted by atomic mass is 9.93. The maximum absolute atomic E-state index is 9.46. The molecule has 2 heterocycles. The average Bonchev–Trinajstić information content (AvgIpc) is 2.84. The molecular weight excluding hydrogens is 292 g/mol. The van der Waals surface area contributed by atoms with Gasteiger partial charge in [-0.1, -0.05) is 32.5 Å². The van der Waals surface area contributed by atoms with Gasteiger partial charge in [0.25, 0.3) is 0 Å². The Labute approximate surface area is 128 Å². The number of nitrogens with zero attached hydrogens (tertiary/aromatic N) is 3. The summed E-state index contributed by atoms with van der Waals surface area (Å²) in [5.74, 6) is 0. The van der Waals surface area contributed by atoms with E-state index in [4.69, 9.17) is 11.6 Å². The van der Waals surface area contributed by atoms with Crippen molar-refractivity contribution in [1.29, 1.82) is 5.26 Å². The maximum atomic E-state index is 9.46. The van der Waals surface area contributed by atoms with Gasteiger partial charge in [-0.25, -0.2) is 9.97 Å². The summed E-state index contributed by atoms with van der Waals surface area (Å²) >= 11 is 7.33. The van der Waals surface area contributed by atoms with Gasteiger partial charge in [0.05, 0.1) is 10.7 Å². The number of thioether (sulfide) groups is 1. The molecule has 0 aliphatic carbocycles. The van der Waals surface area contributed by atoms with E-state index in [2.05, 4.69) is 42.1 Å². The van der Waals surface area contributed by atoms with E-state index in [1.807, 2.05) is 12.3 Å². The Morgan fingerprint density at radius 3 is 2.70 bits per heavy atom. The molecule has 1 aliphatic rings. The maximum Gasteiger partial charge on any atom is 0.222 e. The molecule has 1 aliphatic heterocycles. The first-order valence-corrected chi connectivity index (χ1v) is 7.37. The van der Waals surface area contributed by atoms with Gasteiger partial charge >= 0.3 is 0 Å². The van der Waals surface area contributed by atoms with Crippen molar-refractivity contribution in [1.82, 2.24) is 15.3 Å². The van der Waals surface area contributed by atoms with Crippen LogP contribution >= 0.6 is 23.4 Å². The topological polar surface area (TPSA) is 61.6 Å². The molecule has 104 valence electrons. The molecule has 2 rings (SSSR count). The highest BCUT2D eigenvalue weighted by molar-refractivity contribution is 8.06. The third-order valence-corrected chi connectivity index (χ3v) is 3.95. The average molecular weight is 307 g/mol.